The van der Waals surface area contributed by atoms with E-state index in [4.69, 9.17) is 0 Å². The molecule has 1 N–H and O–H groups in total. The Morgan fingerprint density at radius 2 is 1.74 bits per heavy atom. The maximum Gasteiger partial charge on any atom is 0.242 e. The fourth-order valence-corrected chi connectivity index (χ4v) is 3.34. The highest BCUT2D eigenvalue weighted by Gasteiger charge is 2.18. The van der Waals surface area contributed by atoms with Crippen molar-refractivity contribution in [3.05, 3.63) is 29.8 Å². The second-order valence-corrected chi connectivity index (χ2v) is 8.40. The van der Waals surface area contributed by atoms with Crippen LogP contribution in [0, 0.1) is 5.92 Å². The van der Waals surface area contributed by atoms with Gasteiger partial charge in [-0.15, -0.1) is 0 Å². The number of carbonyl (C=O) groups excluding carboxylic acids is 1. The number of rotatable bonds is 8. The van der Waals surface area contributed by atoms with Gasteiger partial charge in [0.1, 0.15) is 0 Å². The summed E-state index contributed by atoms with van der Waals surface area (Å²) in [4.78, 5) is 12.3. The van der Waals surface area contributed by atoms with Crippen molar-refractivity contribution >= 4 is 15.9 Å². The van der Waals surface area contributed by atoms with Gasteiger partial charge in [-0.25, -0.2) is 12.7 Å². The molecule has 23 heavy (non-hydrogen) atoms. The standard InChI is InChI=1S/C17H28N2O3S/c1-6-7-13(2)12-17(20)18-14(3)15-8-10-16(11-9-15)23(21,22)19(4)5/h8-11,13-14H,6-7,12H2,1-5H3,(H,18,20)/t13-,14+/m1/s1. The molecule has 1 rings (SSSR count). The Bertz CT molecular complexity index is 609. The Kier molecular flexibility index (Phi) is 7.22. The lowest BCUT2D eigenvalue weighted by molar-refractivity contribution is -0.122. The molecule has 0 saturated carbocycles. The second kappa shape index (κ2) is 8.45. The molecule has 0 aliphatic heterocycles. The molecule has 6 heteroatoms. The van der Waals surface area contributed by atoms with E-state index < -0.39 is 10.0 Å². The van der Waals surface area contributed by atoms with E-state index in [9.17, 15) is 13.2 Å². The molecule has 0 aromatic heterocycles. The lowest BCUT2D eigenvalue weighted by atomic mass is 10.0. The molecule has 1 aromatic rings. The highest BCUT2D eigenvalue weighted by atomic mass is 32.2. The van der Waals surface area contributed by atoms with E-state index in [1.807, 2.05) is 6.92 Å². The zero-order chi connectivity index (χ0) is 17.6. The van der Waals surface area contributed by atoms with Gasteiger partial charge in [0.25, 0.3) is 0 Å². The molecule has 0 unspecified atom stereocenters. The summed E-state index contributed by atoms with van der Waals surface area (Å²) in [5.41, 5.74) is 0.888. The van der Waals surface area contributed by atoms with Gasteiger partial charge in [0.05, 0.1) is 10.9 Å². The van der Waals surface area contributed by atoms with Gasteiger partial charge >= 0.3 is 0 Å². The molecule has 0 fully saturated rings. The molecular weight excluding hydrogens is 312 g/mol. The predicted molar refractivity (Wildman–Crippen MR) is 92.6 cm³/mol. The van der Waals surface area contributed by atoms with Crippen LogP contribution in [0.4, 0.5) is 0 Å². The van der Waals surface area contributed by atoms with Gasteiger partial charge in [0, 0.05) is 20.5 Å². The van der Waals surface area contributed by atoms with Crippen molar-refractivity contribution in [2.45, 2.75) is 51.0 Å². The molecule has 0 bridgehead atoms. The van der Waals surface area contributed by atoms with E-state index in [-0.39, 0.29) is 16.8 Å². The molecule has 0 saturated heterocycles. The third kappa shape index (κ3) is 5.62. The zero-order valence-corrected chi connectivity index (χ0v) is 15.5. The molecule has 0 spiro atoms. The number of nitrogens with zero attached hydrogens (tertiary/aromatic N) is 1. The molecule has 1 aromatic carbocycles. The van der Waals surface area contributed by atoms with Gasteiger partial charge in [-0.3, -0.25) is 4.79 Å². The summed E-state index contributed by atoms with van der Waals surface area (Å²) in [5, 5.41) is 2.97. The van der Waals surface area contributed by atoms with Crippen molar-refractivity contribution in [1.29, 1.82) is 0 Å². The summed E-state index contributed by atoms with van der Waals surface area (Å²) in [6.07, 6.45) is 2.63. The summed E-state index contributed by atoms with van der Waals surface area (Å²) in [6.45, 7) is 6.09. The average molecular weight is 340 g/mol. The van der Waals surface area contributed by atoms with Crippen LogP contribution < -0.4 is 5.32 Å². The summed E-state index contributed by atoms with van der Waals surface area (Å²) >= 11 is 0. The fraction of sp³-hybridized carbons (Fsp3) is 0.588. The molecule has 0 radical (unpaired) electrons. The van der Waals surface area contributed by atoms with Crippen molar-refractivity contribution in [1.82, 2.24) is 9.62 Å². The molecule has 0 aliphatic carbocycles. The van der Waals surface area contributed by atoms with Crippen LogP contribution in [0.3, 0.4) is 0 Å². The molecule has 2 atom stereocenters. The van der Waals surface area contributed by atoms with Crippen LogP contribution in [0.15, 0.2) is 29.2 Å². The second-order valence-electron chi connectivity index (χ2n) is 6.24. The minimum absolute atomic E-state index is 0.0310. The first-order valence-electron chi connectivity index (χ1n) is 8.00. The van der Waals surface area contributed by atoms with Crippen LogP contribution in [-0.4, -0.2) is 32.7 Å². The van der Waals surface area contributed by atoms with E-state index >= 15 is 0 Å². The maximum atomic E-state index is 12.0. The first kappa shape index (κ1) is 19.6. The molecule has 0 aliphatic rings. The highest BCUT2D eigenvalue weighted by Crippen LogP contribution is 2.19. The van der Waals surface area contributed by atoms with Gasteiger partial charge in [-0.1, -0.05) is 38.8 Å². The van der Waals surface area contributed by atoms with Crippen LogP contribution in [-0.2, 0) is 14.8 Å². The van der Waals surface area contributed by atoms with E-state index in [0.29, 0.717) is 12.3 Å². The largest absolute Gasteiger partial charge is 0.350 e. The quantitative estimate of drug-likeness (QED) is 0.791. The fourth-order valence-electron chi connectivity index (χ4n) is 2.43. The first-order valence-corrected chi connectivity index (χ1v) is 9.44. The smallest absolute Gasteiger partial charge is 0.242 e. The van der Waals surface area contributed by atoms with Crippen molar-refractivity contribution < 1.29 is 13.2 Å². The molecule has 1 amide bonds. The number of amides is 1. The van der Waals surface area contributed by atoms with Gasteiger partial charge in [0.15, 0.2) is 0 Å². The number of hydrogen-bond acceptors (Lipinski definition) is 3. The monoisotopic (exact) mass is 340 g/mol. The minimum atomic E-state index is -3.42. The van der Waals surface area contributed by atoms with Crippen LogP contribution in [0.2, 0.25) is 0 Å². The summed E-state index contributed by atoms with van der Waals surface area (Å²) in [6, 6.07) is 6.50. The van der Waals surface area contributed by atoms with Crippen molar-refractivity contribution in [3.63, 3.8) is 0 Å². The van der Waals surface area contributed by atoms with Crippen molar-refractivity contribution in [2.24, 2.45) is 5.92 Å². The Hall–Kier alpha value is -1.40. The van der Waals surface area contributed by atoms with Gasteiger partial charge in [0.2, 0.25) is 15.9 Å². The van der Waals surface area contributed by atoms with Gasteiger partial charge < -0.3 is 5.32 Å². The Balaban J connectivity index is 2.71. The van der Waals surface area contributed by atoms with Crippen LogP contribution in [0.5, 0.6) is 0 Å². The summed E-state index contributed by atoms with van der Waals surface area (Å²) in [7, 11) is -0.412. The van der Waals surface area contributed by atoms with Crippen LogP contribution in [0.25, 0.3) is 0 Å². The van der Waals surface area contributed by atoms with E-state index in [0.717, 1.165) is 18.4 Å². The lowest BCUT2D eigenvalue weighted by Gasteiger charge is -2.17. The number of carbonyl (C=O) groups is 1. The highest BCUT2D eigenvalue weighted by molar-refractivity contribution is 7.89. The van der Waals surface area contributed by atoms with E-state index in [2.05, 4.69) is 19.2 Å². The van der Waals surface area contributed by atoms with Crippen LogP contribution in [0.1, 0.15) is 51.6 Å². The van der Waals surface area contributed by atoms with E-state index in [1.54, 1.807) is 24.3 Å². The molecule has 130 valence electrons. The predicted octanol–water partition coefficient (Wildman–Crippen LogP) is 2.94. The third-order valence-electron chi connectivity index (χ3n) is 3.85. The van der Waals surface area contributed by atoms with Gasteiger partial charge in [-0.2, -0.15) is 0 Å². The Morgan fingerprint density at radius 3 is 2.22 bits per heavy atom. The Morgan fingerprint density at radius 1 is 1.17 bits per heavy atom. The lowest BCUT2D eigenvalue weighted by Crippen LogP contribution is -2.28. The van der Waals surface area contributed by atoms with Crippen LogP contribution >= 0.6 is 0 Å². The van der Waals surface area contributed by atoms with Crippen molar-refractivity contribution in [3.8, 4) is 0 Å². The van der Waals surface area contributed by atoms with Gasteiger partial charge in [-0.05, 0) is 30.5 Å². The number of benzene rings is 1. The molecule has 0 heterocycles. The van der Waals surface area contributed by atoms with E-state index in [1.165, 1.54) is 18.4 Å². The molecular formula is C17H28N2O3S. The maximum absolute atomic E-state index is 12.0. The SMILES string of the molecule is CCC[C@@H](C)CC(=O)N[C@@H](C)c1ccc(S(=O)(=O)N(C)C)cc1. The summed E-state index contributed by atoms with van der Waals surface area (Å²) in [5.74, 6) is 0.406. The molecule has 5 nitrogen and oxygen atoms in total. The average Bonchev–Trinajstić information content (AvgIpc) is 2.47. The number of nitrogens with one attached hydrogen (secondary N) is 1. The first-order chi connectivity index (χ1) is 10.7. The zero-order valence-electron chi connectivity index (χ0n) is 14.7. The van der Waals surface area contributed by atoms with Crippen molar-refractivity contribution in [2.75, 3.05) is 14.1 Å². The minimum Gasteiger partial charge on any atom is -0.350 e. The number of sulfonamides is 1. The normalized spacial score (nSPS) is 14.5. The number of hydrogen-bond donors (Lipinski definition) is 1. The topological polar surface area (TPSA) is 66.5 Å². The Labute approximate surface area is 140 Å². The summed E-state index contributed by atoms with van der Waals surface area (Å²) < 4.78 is 25.2. The third-order valence-corrected chi connectivity index (χ3v) is 5.68.